The van der Waals surface area contributed by atoms with Crippen molar-refractivity contribution in [2.24, 2.45) is 0 Å². The van der Waals surface area contributed by atoms with E-state index < -0.39 is 0 Å². The molecular formula is C18H19NO3S. The molecule has 0 atom stereocenters. The topological polar surface area (TPSA) is 55.4 Å². The van der Waals surface area contributed by atoms with Crippen molar-refractivity contribution in [3.05, 3.63) is 65.7 Å². The zero-order valence-electron chi connectivity index (χ0n) is 13.0. The summed E-state index contributed by atoms with van der Waals surface area (Å²) < 4.78 is 4.98. The predicted octanol–water partition coefficient (Wildman–Crippen LogP) is 3.74. The van der Waals surface area contributed by atoms with E-state index in [1.807, 2.05) is 42.5 Å². The van der Waals surface area contributed by atoms with Gasteiger partial charge in [-0.3, -0.25) is 4.79 Å². The van der Waals surface area contributed by atoms with Gasteiger partial charge in [-0.2, -0.15) is 0 Å². The Kier molecular flexibility index (Phi) is 6.69. The Morgan fingerprint density at radius 2 is 1.87 bits per heavy atom. The van der Waals surface area contributed by atoms with Crippen LogP contribution in [0, 0.1) is 0 Å². The van der Waals surface area contributed by atoms with Gasteiger partial charge in [0.05, 0.1) is 17.9 Å². The zero-order chi connectivity index (χ0) is 16.5. The lowest BCUT2D eigenvalue weighted by Crippen LogP contribution is -2.14. The molecule has 0 aromatic heterocycles. The Balaban J connectivity index is 1.81. The Hall–Kier alpha value is -2.27. The zero-order valence-corrected chi connectivity index (χ0v) is 13.8. The summed E-state index contributed by atoms with van der Waals surface area (Å²) in [4.78, 5) is 23.5. The summed E-state index contributed by atoms with van der Waals surface area (Å²) in [6.45, 7) is 2.14. The van der Waals surface area contributed by atoms with Crippen molar-refractivity contribution in [2.45, 2.75) is 12.7 Å². The van der Waals surface area contributed by atoms with Crippen LogP contribution in [0.25, 0.3) is 0 Å². The lowest BCUT2D eigenvalue weighted by atomic mass is 10.1. The Morgan fingerprint density at radius 1 is 1.09 bits per heavy atom. The highest BCUT2D eigenvalue weighted by atomic mass is 32.2. The van der Waals surface area contributed by atoms with E-state index in [-0.39, 0.29) is 11.9 Å². The van der Waals surface area contributed by atoms with Crippen molar-refractivity contribution in [1.29, 1.82) is 0 Å². The van der Waals surface area contributed by atoms with Crippen LogP contribution in [0.3, 0.4) is 0 Å². The second kappa shape index (κ2) is 9.00. The lowest BCUT2D eigenvalue weighted by Gasteiger charge is -2.06. The molecule has 1 amide bonds. The van der Waals surface area contributed by atoms with E-state index >= 15 is 0 Å². The molecule has 0 saturated heterocycles. The molecule has 0 aliphatic carbocycles. The molecular weight excluding hydrogens is 310 g/mol. The lowest BCUT2D eigenvalue weighted by molar-refractivity contribution is -0.113. The molecule has 23 heavy (non-hydrogen) atoms. The normalized spacial score (nSPS) is 10.1. The van der Waals surface area contributed by atoms with Crippen LogP contribution >= 0.6 is 11.8 Å². The Bertz CT molecular complexity index is 658. The standard InChI is InChI=1S/C18H19NO3S/c1-2-22-18(21)15-8-6-7-14(11-15)12-23-13-17(20)19-16-9-4-3-5-10-16/h3-11H,2,12-13H2,1H3,(H,19,20). The molecule has 0 bridgehead atoms. The van der Waals surface area contributed by atoms with Crippen molar-refractivity contribution in [3.8, 4) is 0 Å². The molecule has 5 heteroatoms. The molecule has 0 saturated carbocycles. The van der Waals surface area contributed by atoms with Gasteiger partial charge in [0.1, 0.15) is 0 Å². The second-order valence-electron chi connectivity index (χ2n) is 4.83. The van der Waals surface area contributed by atoms with Crippen molar-refractivity contribution in [1.82, 2.24) is 0 Å². The number of thioether (sulfide) groups is 1. The number of amides is 1. The Morgan fingerprint density at radius 3 is 2.61 bits per heavy atom. The van der Waals surface area contributed by atoms with Gasteiger partial charge in [-0.15, -0.1) is 11.8 Å². The van der Waals surface area contributed by atoms with E-state index in [1.54, 1.807) is 19.1 Å². The average molecular weight is 329 g/mol. The molecule has 0 heterocycles. The predicted molar refractivity (Wildman–Crippen MR) is 93.6 cm³/mol. The van der Waals surface area contributed by atoms with Crippen molar-refractivity contribution in [2.75, 3.05) is 17.7 Å². The second-order valence-corrected chi connectivity index (χ2v) is 5.81. The summed E-state index contributed by atoms with van der Waals surface area (Å²) >= 11 is 1.50. The number of hydrogen-bond acceptors (Lipinski definition) is 4. The smallest absolute Gasteiger partial charge is 0.338 e. The number of carbonyl (C=O) groups excluding carboxylic acids is 2. The van der Waals surface area contributed by atoms with Gasteiger partial charge in [0.25, 0.3) is 0 Å². The van der Waals surface area contributed by atoms with Crippen LogP contribution < -0.4 is 5.32 Å². The minimum absolute atomic E-state index is 0.0391. The van der Waals surface area contributed by atoms with E-state index in [0.29, 0.717) is 23.7 Å². The highest BCUT2D eigenvalue weighted by Crippen LogP contribution is 2.15. The largest absolute Gasteiger partial charge is 0.462 e. The maximum absolute atomic E-state index is 11.9. The fourth-order valence-corrected chi connectivity index (χ4v) is 2.76. The van der Waals surface area contributed by atoms with Crippen LogP contribution in [0.1, 0.15) is 22.8 Å². The Labute approximate surface area is 140 Å². The first-order valence-electron chi connectivity index (χ1n) is 7.37. The summed E-state index contributed by atoms with van der Waals surface area (Å²) in [5.74, 6) is 0.664. The summed E-state index contributed by atoms with van der Waals surface area (Å²) in [5.41, 5.74) is 2.33. The van der Waals surface area contributed by atoms with E-state index in [1.165, 1.54) is 11.8 Å². The van der Waals surface area contributed by atoms with Gasteiger partial charge in [-0.25, -0.2) is 4.79 Å². The van der Waals surface area contributed by atoms with E-state index in [4.69, 9.17) is 4.74 Å². The third kappa shape index (κ3) is 5.79. The first-order valence-corrected chi connectivity index (χ1v) is 8.53. The van der Waals surface area contributed by atoms with Crippen molar-refractivity contribution >= 4 is 29.3 Å². The third-order valence-corrected chi connectivity index (χ3v) is 4.00. The highest BCUT2D eigenvalue weighted by molar-refractivity contribution is 7.99. The van der Waals surface area contributed by atoms with Crippen molar-refractivity contribution < 1.29 is 14.3 Å². The maximum atomic E-state index is 11.9. The number of anilines is 1. The molecule has 0 unspecified atom stereocenters. The molecule has 0 aliphatic rings. The average Bonchev–Trinajstić information content (AvgIpc) is 2.56. The number of ether oxygens (including phenoxy) is 1. The van der Waals surface area contributed by atoms with E-state index in [2.05, 4.69) is 5.32 Å². The molecule has 2 aromatic carbocycles. The summed E-state index contributed by atoms with van der Waals surface area (Å²) in [5, 5.41) is 2.84. The molecule has 0 radical (unpaired) electrons. The molecule has 0 spiro atoms. The van der Waals surface area contributed by atoms with Gasteiger partial charge >= 0.3 is 5.97 Å². The summed E-state index contributed by atoms with van der Waals surface area (Å²) in [7, 11) is 0. The maximum Gasteiger partial charge on any atom is 0.338 e. The first-order chi connectivity index (χ1) is 11.2. The fraction of sp³-hybridized carbons (Fsp3) is 0.222. The molecule has 2 rings (SSSR count). The van der Waals surface area contributed by atoms with Gasteiger partial charge in [-0.05, 0) is 36.8 Å². The minimum Gasteiger partial charge on any atom is -0.462 e. The van der Waals surface area contributed by atoms with Gasteiger partial charge in [0.15, 0.2) is 0 Å². The van der Waals surface area contributed by atoms with E-state index in [0.717, 1.165) is 11.3 Å². The molecule has 2 aromatic rings. The number of rotatable bonds is 7. The molecule has 0 fully saturated rings. The molecule has 0 aliphatic heterocycles. The number of esters is 1. The van der Waals surface area contributed by atoms with Crippen molar-refractivity contribution in [3.63, 3.8) is 0 Å². The van der Waals surface area contributed by atoms with Crippen LogP contribution in [0.5, 0.6) is 0 Å². The van der Waals surface area contributed by atoms with Gasteiger partial charge < -0.3 is 10.1 Å². The first kappa shape index (κ1) is 17.1. The number of para-hydroxylation sites is 1. The van der Waals surface area contributed by atoms with Crippen LogP contribution in [-0.2, 0) is 15.3 Å². The van der Waals surface area contributed by atoms with Gasteiger partial charge in [0.2, 0.25) is 5.91 Å². The quantitative estimate of drug-likeness (QED) is 0.786. The monoisotopic (exact) mass is 329 g/mol. The van der Waals surface area contributed by atoms with Crippen LogP contribution in [-0.4, -0.2) is 24.2 Å². The van der Waals surface area contributed by atoms with Crippen LogP contribution in [0.2, 0.25) is 0 Å². The number of benzene rings is 2. The molecule has 120 valence electrons. The van der Waals surface area contributed by atoms with Gasteiger partial charge in [0, 0.05) is 11.4 Å². The van der Waals surface area contributed by atoms with Crippen LogP contribution in [0.15, 0.2) is 54.6 Å². The summed E-state index contributed by atoms with van der Waals surface area (Å²) in [6, 6.07) is 16.7. The van der Waals surface area contributed by atoms with Gasteiger partial charge in [-0.1, -0.05) is 30.3 Å². The fourth-order valence-electron chi connectivity index (χ4n) is 1.98. The highest BCUT2D eigenvalue weighted by Gasteiger charge is 2.07. The third-order valence-electron chi connectivity index (χ3n) is 3.00. The van der Waals surface area contributed by atoms with Crippen LogP contribution in [0.4, 0.5) is 5.69 Å². The molecule has 1 N–H and O–H groups in total. The van der Waals surface area contributed by atoms with E-state index in [9.17, 15) is 9.59 Å². The minimum atomic E-state index is -0.318. The number of nitrogens with one attached hydrogen (secondary N) is 1. The summed E-state index contributed by atoms with van der Waals surface area (Å²) in [6.07, 6.45) is 0. The SMILES string of the molecule is CCOC(=O)c1cccc(CSCC(=O)Nc2ccccc2)c1. The molecule has 4 nitrogen and oxygen atoms in total. The number of hydrogen-bond donors (Lipinski definition) is 1. The number of carbonyl (C=O) groups is 2.